The van der Waals surface area contributed by atoms with Gasteiger partial charge in [-0.1, -0.05) is 0 Å². The minimum Gasteiger partial charge on any atom is -0.477 e. The summed E-state index contributed by atoms with van der Waals surface area (Å²) in [4.78, 5) is 22.2. The molecule has 0 bridgehead atoms. The molecule has 0 aliphatic carbocycles. The summed E-state index contributed by atoms with van der Waals surface area (Å²) in [6, 6.07) is 1.35. The predicted octanol–water partition coefficient (Wildman–Crippen LogP) is -0.266. The van der Waals surface area contributed by atoms with Gasteiger partial charge in [0.05, 0.1) is 0 Å². The summed E-state index contributed by atoms with van der Waals surface area (Å²) in [6.45, 7) is 0.973. The highest BCUT2D eigenvalue weighted by atomic mass is 16.5. The topological polar surface area (TPSA) is 93.5 Å². The summed E-state index contributed by atoms with van der Waals surface area (Å²) in [7, 11) is 1.59. The van der Waals surface area contributed by atoms with Gasteiger partial charge in [0.15, 0.2) is 0 Å². The Morgan fingerprint density at radius 1 is 1.59 bits per heavy atom. The molecular weight excluding hydrogens is 226 g/mol. The second-order valence-electron chi connectivity index (χ2n) is 3.38. The van der Waals surface area contributed by atoms with Crippen LogP contribution in [-0.4, -0.2) is 47.0 Å². The zero-order chi connectivity index (χ0) is 12.7. The van der Waals surface area contributed by atoms with Gasteiger partial charge in [0.1, 0.15) is 12.2 Å². The Bertz CT molecular complexity index is 389. The van der Waals surface area contributed by atoms with Gasteiger partial charge in [0, 0.05) is 26.5 Å². The van der Waals surface area contributed by atoms with E-state index in [9.17, 15) is 9.59 Å². The minimum absolute atomic E-state index is 0.00274. The number of methoxy groups -OCH3 is 1. The maximum atomic E-state index is 11.4. The summed E-state index contributed by atoms with van der Waals surface area (Å²) in [5.41, 5.74) is -0.00274. The standard InChI is InChI=1S/C10H15N3O4/c1-17-6-2-4-11-9(14)7-13-8(10(15)16)3-5-12-13/h3,5H,2,4,6-7H2,1H3,(H,11,14)(H,15,16). The smallest absolute Gasteiger partial charge is 0.354 e. The summed E-state index contributed by atoms with van der Waals surface area (Å²) >= 11 is 0. The predicted molar refractivity (Wildman–Crippen MR) is 58.7 cm³/mol. The van der Waals surface area contributed by atoms with Gasteiger partial charge < -0.3 is 15.2 Å². The molecule has 0 aliphatic heterocycles. The second kappa shape index (κ2) is 6.64. The van der Waals surface area contributed by atoms with Crippen molar-refractivity contribution in [1.29, 1.82) is 0 Å². The molecule has 1 aromatic heterocycles. The zero-order valence-corrected chi connectivity index (χ0v) is 9.55. The number of rotatable bonds is 7. The average molecular weight is 241 g/mol. The third kappa shape index (κ3) is 4.23. The van der Waals surface area contributed by atoms with Gasteiger partial charge in [-0.15, -0.1) is 0 Å². The van der Waals surface area contributed by atoms with Crippen molar-refractivity contribution in [3.8, 4) is 0 Å². The highest BCUT2D eigenvalue weighted by Gasteiger charge is 2.12. The Hall–Kier alpha value is -1.89. The summed E-state index contributed by atoms with van der Waals surface area (Å²) in [5, 5.41) is 15.2. The van der Waals surface area contributed by atoms with E-state index in [0.29, 0.717) is 19.6 Å². The van der Waals surface area contributed by atoms with E-state index in [1.807, 2.05) is 0 Å². The van der Waals surface area contributed by atoms with Gasteiger partial charge in [-0.2, -0.15) is 5.10 Å². The fourth-order valence-electron chi connectivity index (χ4n) is 1.28. The fourth-order valence-corrected chi connectivity index (χ4v) is 1.28. The molecule has 0 fully saturated rings. The van der Waals surface area contributed by atoms with E-state index in [2.05, 4.69) is 10.4 Å². The van der Waals surface area contributed by atoms with Gasteiger partial charge in [0.25, 0.3) is 0 Å². The lowest BCUT2D eigenvalue weighted by molar-refractivity contribution is -0.121. The van der Waals surface area contributed by atoms with Crippen LogP contribution in [0.15, 0.2) is 12.3 Å². The van der Waals surface area contributed by atoms with Crippen LogP contribution >= 0.6 is 0 Å². The Kier molecular flexibility index (Phi) is 5.15. The van der Waals surface area contributed by atoms with E-state index in [-0.39, 0.29) is 18.1 Å². The van der Waals surface area contributed by atoms with E-state index < -0.39 is 5.97 Å². The first-order valence-electron chi connectivity index (χ1n) is 5.16. The van der Waals surface area contributed by atoms with E-state index in [0.717, 1.165) is 4.68 Å². The number of amides is 1. The highest BCUT2D eigenvalue weighted by Crippen LogP contribution is 1.98. The fraction of sp³-hybridized carbons (Fsp3) is 0.500. The maximum absolute atomic E-state index is 11.4. The lowest BCUT2D eigenvalue weighted by Crippen LogP contribution is -2.30. The Morgan fingerprint density at radius 2 is 2.35 bits per heavy atom. The Balaban J connectivity index is 2.40. The van der Waals surface area contributed by atoms with Gasteiger partial charge in [-0.3, -0.25) is 4.79 Å². The number of carboxylic acids is 1. The molecule has 2 N–H and O–H groups in total. The van der Waals surface area contributed by atoms with E-state index >= 15 is 0 Å². The lowest BCUT2D eigenvalue weighted by atomic mass is 10.4. The molecule has 17 heavy (non-hydrogen) atoms. The average Bonchev–Trinajstić information content (AvgIpc) is 2.72. The van der Waals surface area contributed by atoms with Gasteiger partial charge in [-0.25, -0.2) is 9.48 Å². The van der Waals surface area contributed by atoms with E-state index in [1.54, 1.807) is 7.11 Å². The van der Waals surface area contributed by atoms with Crippen molar-refractivity contribution in [2.75, 3.05) is 20.3 Å². The molecule has 1 aromatic rings. The number of hydrogen-bond donors (Lipinski definition) is 2. The molecule has 1 rings (SSSR count). The normalized spacial score (nSPS) is 10.2. The van der Waals surface area contributed by atoms with Crippen molar-refractivity contribution >= 4 is 11.9 Å². The van der Waals surface area contributed by atoms with Crippen molar-refractivity contribution in [2.24, 2.45) is 0 Å². The van der Waals surface area contributed by atoms with Crippen LogP contribution in [0.3, 0.4) is 0 Å². The monoisotopic (exact) mass is 241 g/mol. The molecule has 0 atom stereocenters. The van der Waals surface area contributed by atoms with Crippen LogP contribution in [0.1, 0.15) is 16.9 Å². The molecule has 0 aromatic carbocycles. The van der Waals surface area contributed by atoms with Gasteiger partial charge in [-0.05, 0) is 12.5 Å². The first-order chi connectivity index (χ1) is 8.15. The third-order valence-electron chi connectivity index (χ3n) is 2.08. The van der Waals surface area contributed by atoms with E-state index in [4.69, 9.17) is 9.84 Å². The summed E-state index contributed by atoms with van der Waals surface area (Å²) in [6.07, 6.45) is 2.06. The van der Waals surface area contributed by atoms with Crippen LogP contribution in [0.5, 0.6) is 0 Å². The molecule has 0 aliphatic rings. The molecule has 7 nitrogen and oxygen atoms in total. The number of aromatic carboxylic acids is 1. The lowest BCUT2D eigenvalue weighted by Gasteiger charge is -2.06. The second-order valence-corrected chi connectivity index (χ2v) is 3.38. The molecule has 0 unspecified atom stereocenters. The van der Waals surface area contributed by atoms with Gasteiger partial charge >= 0.3 is 5.97 Å². The molecule has 1 heterocycles. The van der Waals surface area contributed by atoms with Crippen LogP contribution < -0.4 is 5.32 Å². The molecule has 0 radical (unpaired) electrons. The molecule has 0 spiro atoms. The molecular formula is C10H15N3O4. The van der Waals surface area contributed by atoms with Crippen LogP contribution in [0.2, 0.25) is 0 Å². The molecule has 1 amide bonds. The zero-order valence-electron chi connectivity index (χ0n) is 9.55. The Morgan fingerprint density at radius 3 is 3.00 bits per heavy atom. The largest absolute Gasteiger partial charge is 0.477 e. The molecule has 7 heteroatoms. The van der Waals surface area contributed by atoms with Crippen LogP contribution in [0.4, 0.5) is 0 Å². The number of carbonyl (C=O) groups excluding carboxylic acids is 1. The molecule has 0 saturated carbocycles. The maximum Gasteiger partial charge on any atom is 0.354 e. The van der Waals surface area contributed by atoms with Gasteiger partial charge in [0.2, 0.25) is 5.91 Å². The van der Waals surface area contributed by atoms with Crippen LogP contribution in [0.25, 0.3) is 0 Å². The highest BCUT2D eigenvalue weighted by molar-refractivity contribution is 5.86. The molecule has 0 saturated heterocycles. The number of aromatic nitrogens is 2. The first-order valence-corrected chi connectivity index (χ1v) is 5.16. The summed E-state index contributed by atoms with van der Waals surface area (Å²) in [5.74, 6) is -1.37. The number of carboxylic acid groups (broad SMARTS) is 1. The summed E-state index contributed by atoms with van der Waals surface area (Å²) < 4.78 is 5.98. The van der Waals surface area contributed by atoms with Crippen molar-refractivity contribution < 1.29 is 19.4 Å². The number of nitrogens with one attached hydrogen (secondary N) is 1. The third-order valence-corrected chi connectivity index (χ3v) is 2.08. The SMILES string of the molecule is COCCCNC(=O)Cn1nccc1C(=O)O. The van der Waals surface area contributed by atoms with Crippen molar-refractivity contribution in [2.45, 2.75) is 13.0 Å². The Labute approximate surface area is 98.4 Å². The first kappa shape index (κ1) is 13.2. The van der Waals surface area contributed by atoms with Crippen LogP contribution in [0, 0.1) is 0 Å². The van der Waals surface area contributed by atoms with Crippen molar-refractivity contribution in [3.63, 3.8) is 0 Å². The molecule has 94 valence electrons. The quantitative estimate of drug-likeness (QED) is 0.641. The minimum atomic E-state index is -1.10. The van der Waals surface area contributed by atoms with Crippen LogP contribution in [-0.2, 0) is 16.1 Å². The number of hydrogen-bond acceptors (Lipinski definition) is 4. The van der Waals surface area contributed by atoms with E-state index in [1.165, 1.54) is 12.3 Å². The number of nitrogens with zero attached hydrogens (tertiary/aromatic N) is 2. The number of carbonyl (C=O) groups is 2. The van der Waals surface area contributed by atoms with Crippen molar-refractivity contribution in [3.05, 3.63) is 18.0 Å². The number of ether oxygens (including phenoxy) is 1. The van der Waals surface area contributed by atoms with Crippen molar-refractivity contribution in [1.82, 2.24) is 15.1 Å².